The van der Waals surface area contributed by atoms with Crippen LogP contribution >= 0.6 is 11.6 Å². The number of hydrogen-bond donors (Lipinski definition) is 1. The first kappa shape index (κ1) is 13.4. The molecule has 0 heterocycles. The van der Waals surface area contributed by atoms with Crippen LogP contribution in [0.4, 0.5) is 0 Å². The Hall–Kier alpha value is -1.02. The van der Waals surface area contributed by atoms with E-state index in [0.29, 0.717) is 5.02 Å². The second kappa shape index (κ2) is 6.24. The maximum absolute atomic E-state index is 12.1. The van der Waals surface area contributed by atoms with Gasteiger partial charge in [0.1, 0.15) is 0 Å². The van der Waals surface area contributed by atoms with Crippen LogP contribution in [-0.4, -0.2) is 5.91 Å². The van der Waals surface area contributed by atoms with E-state index in [9.17, 15) is 4.79 Å². The summed E-state index contributed by atoms with van der Waals surface area (Å²) in [5, 5.41) is 3.80. The first-order chi connectivity index (χ1) is 8.68. The number of amides is 1. The van der Waals surface area contributed by atoms with Gasteiger partial charge in [0.15, 0.2) is 0 Å². The van der Waals surface area contributed by atoms with E-state index < -0.39 is 0 Å². The fourth-order valence-electron chi connectivity index (χ4n) is 2.60. The maximum Gasteiger partial charge on any atom is 0.223 e. The number of hydrogen-bond acceptors (Lipinski definition) is 1. The van der Waals surface area contributed by atoms with Gasteiger partial charge in [-0.15, -0.1) is 0 Å². The van der Waals surface area contributed by atoms with E-state index in [2.05, 4.69) is 5.32 Å². The Morgan fingerprint density at radius 3 is 2.61 bits per heavy atom. The zero-order valence-corrected chi connectivity index (χ0v) is 11.5. The summed E-state index contributed by atoms with van der Waals surface area (Å²) in [5.74, 6) is 0.380. The molecule has 0 bridgehead atoms. The van der Waals surface area contributed by atoms with Crippen LogP contribution in [0.2, 0.25) is 5.02 Å². The van der Waals surface area contributed by atoms with E-state index in [4.69, 9.17) is 11.6 Å². The number of benzene rings is 1. The summed E-state index contributed by atoms with van der Waals surface area (Å²) < 4.78 is 0. The molecule has 2 nitrogen and oxygen atoms in total. The predicted molar refractivity (Wildman–Crippen MR) is 74.6 cm³/mol. The SMILES string of the molecule is CC(NC(=O)C1CCCCC1)c1ccccc1Cl. The lowest BCUT2D eigenvalue weighted by Crippen LogP contribution is -2.33. The molecule has 0 radical (unpaired) electrons. The van der Waals surface area contributed by atoms with Crippen LogP contribution in [0.1, 0.15) is 50.6 Å². The first-order valence-electron chi connectivity index (χ1n) is 6.73. The second-order valence-electron chi connectivity index (χ2n) is 5.09. The molecule has 1 aliphatic carbocycles. The van der Waals surface area contributed by atoms with Crippen molar-refractivity contribution < 1.29 is 4.79 Å². The van der Waals surface area contributed by atoms with Crippen molar-refractivity contribution >= 4 is 17.5 Å². The molecule has 98 valence electrons. The summed E-state index contributed by atoms with van der Waals surface area (Å²) >= 11 is 6.14. The monoisotopic (exact) mass is 265 g/mol. The van der Waals surface area contributed by atoms with Crippen LogP contribution in [0.5, 0.6) is 0 Å². The quantitative estimate of drug-likeness (QED) is 0.876. The van der Waals surface area contributed by atoms with Crippen molar-refractivity contribution in [3.8, 4) is 0 Å². The van der Waals surface area contributed by atoms with Gasteiger partial charge in [0.2, 0.25) is 5.91 Å². The highest BCUT2D eigenvalue weighted by atomic mass is 35.5. The van der Waals surface area contributed by atoms with Crippen LogP contribution in [0.15, 0.2) is 24.3 Å². The average Bonchev–Trinajstić information content (AvgIpc) is 2.40. The van der Waals surface area contributed by atoms with E-state index in [0.717, 1.165) is 18.4 Å². The third-order valence-corrected chi connectivity index (χ3v) is 4.05. The summed E-state index contributed by atoms with van der Waals surface area (Å²) in [4.78, 5) is 12.1. The van der Waals surface area contributed by atoms with Gasteiger partial charge in [-0.3, -0.25) is 4.79 Å². The molecule has 1 atom stereocenters. The van der Waals surface area contributed by atoms with Crippen LogP contribution < -0.4 is 5.32 Å². The zero-order valence-electron chi connectivity index (χ0n) is 10.8. The van der Waals surface area contributed by atoms with Gasteiger partial charge in [0.25, 0.3) is 0 Å². The molecule has 1 aromatic rings. The maximum atomic E-state index is 12.1. The molecule has 1 aliphatic rings. The summed E-state index contributed by atoms with van der Waals surface area (Å²) in [7, 11) is 0. The summed E-state index contributed by atoms with van der Waals surface area (Å²) in [6.45, 7) is 1.99. The van der Waals surface area contributed by atoms with E-state index in [1.165, 1.54) is 19.3 Å². The number of carbonyl (C=O) groups excluding carboxylic acids is 1. The Labute approximate surface area is 114 Å². The van der Waals surface area contributed by atoms with Crippen LogP contribution in [0.25, 0.3) is 0 Å². The van der Waals surface area contributed by atoms with Crippen LogP contribution in [0, 0.1) is 5.92 Å². The fraction of sp³-hybridized carbons (Fsp3) is 0.533. The molecular formula is C15H20ClNO. The molecule has 1 unspecified atom stereocenters. The summed E-state index contributed by atoms with van der Waals surface area (Å²) in [6.07, 6.45) is 5.68. The molecule has 1 aromatic carbocycles. The van der Waals surface area contributed by atoms with Crippen molar-refractivity contribution in [2.75, 3.05) is 0 Å². The molecule has 1 N–H and O–H groups in total. The van der Waals surface area contributed by atoms with Crippen molar-refractivity contribution in [3.05, 3.63) is 34.9 Å². The van der Waals surface area contributed by atoms with Gasteiger partial charge in [-0.25, -0.2) is 0 Å². The highest BCUT2D eigenvalue weighted by Crippen LogP contribution is 2.26. The smallest absolute Gasteiger partial charge is 0.223 e. The molecule has 0 spiro atoms. The number of carbonyl (C=O) groups is 1. The van der Waals surface area contributed by atoms with E-state index in [-0.39, 0.29) is 17.9 Å². The van der Waals surface area contributed by atoms with Gasteiger partial charge in [0, 0.05) is 10.9 Å². The van der Waals surface area contributed by atoms with Crippen molar-refractivity contribution in [2.45, 2.75) is 45.1 Å². The highest BCUT2D eigenvalue weighted by molar-refractivity contribution is 6.31. The lowest BCUT2D eigenvalue weighted by Gasteiger charge is -2.23. The highest BCUT2D eigenvalue weighted by Gasteiger charge is 2.22. The van der Waals surface area contributed by atoms with Gasteiger partial charge >= 0.3 is 0 Å². The Kier molecular flexibility index (Phi) is 4.65. The number of nitrogens with one attached hydrogen (secondary N) is 1. The third-order valence-electron chi connectivity index (χ3n) is 3.71. The summed E-state index contributed by atoms with van der Waals surface area (Å²) in [5.41, 5.74) is 0.989. The largest absolute Gasteiger partial charge is 0.349 e. The Morgan fingerprint density at radius 2 is 1.94 bits per heavy atom. The number of halogens is 1. The minimum Gasteiger partial charge on any atom is -0.349 e. The molecule has 18 heavy (non-hydrogen) atoms. The van der Waals surface area contributed by atoms with Gasteiger partial charge < -0.3 is 5.32 Å². The van der Waals surface area contributed by atoms with E-state index in [1.807, 2.05) is 31.2 Å². The van der Waals surface area contributed by atoms with Crippen molar-refractivity contribution in [1.82, 2.24) is 5.32 Å². The number of rotatable bonds is 3. The van der Waals surface area contributed by atoms with Crippen molar-refractivity contribution in [1.29, 1.82) is 0 Å². The Morgan fingerprint density at radius 1 is 1.28 bits per heavy atom. The lowest BCUT2D eigenvalue weighted by molar-refractivity contribution is -0.126. The van der Waals surface area contributed by atoms with Crippen molar-refractivity contribution in [3.63, 3.8) is 0 Å². The van der Waals surface area contributed by atoms with Gasteiger partial charge in [-0.1, -0.05) is 49.1 Å². The Balaban J connectivity index is 1.96. The van der Waals surface area contributed by atoms with Crippen LogP contribution in [-0.2, 0) is 4.79 Å². The molecule has 1 saturated carbocycles. The Bertz CT molecular complexity index is 413. The van der Waals surface area contributed by atoms with E-state index in [1.54, 1.807) is 0 Å². The second-order valence-corrected chi connectivity index (χ2v) is 5.49. The van der Waals surface area contributed by atoms with E-state index >= 15 is 0 Å². The zero-order chi connectivity index (χ0) is 13.0. The third kappa shape index (κ3) is 3.26. The normalized spacial score (nSPS) is 18.3. The topological polar surface area (TPSA) is 29.1 Å². The molecule has 2 rings (SSSR count). The molecule has 0 saturated heterocycles. The minimum atomic E-state index is -0.0203. The minimum absolute atomic E-state index is 0.0203. The molecule has 1 amide bonds. The molecule has 0 aromatic heterocycles. The lowest BCUT2D eigenvalue weighted by atomic mass is 9.88. The standard InChI is InChI=1S/C15H20ClNO/c1-11(13-9-5-6-10-14(13)16)17-15(18)12-7-3-2-4-8-12/h5-6,9-12H,2-4,7-8H2,1H3,(H,17,18). The molecular weight excluding hydrogens is 246 g/mol. The fourth-order valence-corrected chi connectivity index (χ4v) is 2.90. The first-order valence-corrected chi connectivity index (χ1v) is 7.11. The summed E-state index contributed by atoms with van der Waals surface area (Å²) in [6, 6.07) is 7.66. The predicted octanol–water partition coefficient (Wildman–Crippen LogP) is 4.10. The molecule has 1 fully saturated rings. The molecule has 3 heteroatoms. The average molecular weight is 266 g/mol. The molecule has 0 aliphatic heterocycles. The van der Waals surface area contributed by atoms with Gasteiger partial charge in [-0.05, 0) is 31.4 Å². The van der Waals surface area contributed by atoms with Crippen molar-refractivity contribution in [2.24, 2.45) is 5.92 Å². The van der Waals surface area contributed by atoms with Gasteiger partial charge in [0.05, 0.1) is 6.04 Å². The van der Waals surface area contributed by atoms with Crippen LogP contribution in [0.3, 0.4) is 0 Å². The van der Waals surface area contributed by atoms with Gasteiger partial charge in [-0.2, -0.15) is 0 Å².